The minimum Gasteiger partial charge on any atom is -0.497 e. The lowest BCUT2D eigenvalue weighted by Gasteiger charge is -2.41. The van der Waals surface area contributed by atoms with Crippen LogP contribution in [0.4, 0.5) is 0 Å². The van der Waals surface area contributed by atoms with Crippen molar-refractivity contribution in [1.29, 1.82) is 0 Å². The lowest BCUT2D eigenvalue weighted by Crippen LogP contribution is -2.56. The van der Waals surface area contributed by atoms with Gasteiger partial charge in [0.25, 0.3) is 0 Å². The van der Waals surface area contributed by atoms with E-state index >= 15 is 0 Å². The van der Waals surface area contributed by atoms with E-state index in [9.17, 15) is 19.8 Å². The van der Waals surface area contributed by atoms with Crippen molar-refractivity contribution in [1.82, 2.24) is 10.2 Å². The molecule has 2 aliphatic carbocycles. The predicted octanol–water partition coefficient (Wildman–Crippen LogP) is 1.81. The Morgan fingerprint density at radius 3 is 2.63 bits per heavy atom. The summed E-state index contributed by atoms with van der Waals surface area (Å²) in [7, 11) is 3.19. The number of fused-ring (bicyclic) bond motifs is 3. The number of nitrogens with one attached hydrogen (secondary N) is 1. The number of carbonyl (C=O) groups excluding carboxylic acids is 2. The molecule has 0 spiro atoms. The van der Waals surface area contributed by atoms with Gasteiger partial charge in [-0.25, -0.2) is 0 Å². The molecular weight excluding hydrogens is 488 g/mol. The summed E-state index contributed by atoms with van der Waals surface area (Å²) in [6, 6.07) is 12.2. The van der Waals surface area contributed by atoms with Crippen LogP contribution in [0.3, 0.4) is 0 Å². The van der Waals surface area contributed by atoms with Gasteiger partial charge in [-0.1, -0.05) is 18.2 Å². The van der Waals surface area contributed by atoms with Crippen molar-refractivity contribution in [3.05, 3.63) is 65.2 Å². The van der Waals surface area contributed by atoms with Crippen LogP contribution in [0.25, 0.3) is 0 Å². The minimum absolute atomic E-state index is 0.0451. The van der Waals surface area contributed by atoms with E-state index in [2.05, 4.69) is 5.32 Å². The Bertz CT molecular complexity index is 1230. The van der Waals surface area contributed by atoms with E-state index in [1.807, 2.05) is 42.5 Å². The van der Waals surface area contributed by atoms with Crippen molar-refractivity contribution >= 4 is 11.8 Å². The smallest absolute Gasteiger partial charge is 0.247 e. The third-order valence-electron chi connectivity index (χ3n) is 7.56. The van der Waals surface area contributed by atoms with E-state index in [1.54, 1.807) is 25.2 Å². The molecule has 2 amide bonds. The van der Waals surface area contributed by atoms with E-state index in [0.717, 1.165) is 24.0 Å². The first-order chi connectivity index (χ1) is 18.5. The largest absolute Gasteiger partial charge is 0.497 e. The molecule has 0 bridgehead atoms. The Labute approximate surface area is 222 Å². The van der Waals surface area contributed by atoms with Crippen molar-refractivity contribution in [2.75, 3.05) is 33.9 Å². The standard InChI is InChI=1S/C29H34N2O7/c1-36-19-9-10-23(37-2)18(15-19)11-13-31(29(35)17-7-8-17)22-16-21(28(34)30-12-14-32)25-20-5-3-4-6-24(20)38-27(25)26(22)33/h3-6,9-10,15-17,22,25-27,32-33H,7-8,11-14H2,1-2H3,(H,30,34). The van der Waals surface area contributed by atoms with Gasteiger partial charge in [0.2, 0.25) is 11.8 Å². The fourth-order valence-electron chi connectivity index (χ4n) is 5.48. The third-order valence-corrected chi connectivity index (χ3v) is 7.56. The van der Waals surface area contributed by atoms with E-state index in [1.165, 1.54) is 0 Å². The molecule has 38 heavy (non-hydrogen) atoms. The SMILES string of the molecule is COc1ccc(OC)c(CCN(C(=O)C2CC2)C2C=C(C(=O)NCCO)C3c4ccccc4OC3C2O)c1. The van der Waals surface area contributed by atoms with Gasteiger partial charge in [0.05, 0.1) is 32.8 Å². The monoisotopic (exact) mass is 522 g/mol. The molecule has 5 rings (SSSR count). The lowest BCUT2D eigenvalue weighted by atomic mass is 9.77. The second-order valence-electron chi connectivity index (χ2n) is 9.91. The summed E-state index contributed by atoms with van der Waals surface area (Å²) in [6.07, 6.45) is 2.03. The molecule has 3 aliphatic rings. The van der Waals surface area contributed by atoms with Crippen LogP contribution >= 0.6 is 0 Å². The average Bonchev–Trinajstić information content (AvgIpc) is 3.72. The summed E-state index contributed by atoms with van der Waals surface area (Å²) in [4.78, 5) is 28.5. The zero-order chi connectivity index (χ0) is 26.8. The molecule has 0 aromatic heterocycles. The highest BCUT2D eigenvalue weighted by molar-refractivity contribution is 5.96. The molecule has 9 nitrogen and oxygen atoms in total. The molecule has 0 radical (unpaired) electrons. The van der Waals surface area contributed by atoms with Crippen molar-refractivity contribution < 1.29 is 34.0 Å². The van der Waals surface area contributed by atoms with Crippen LogP contribution in [-0.4, -0.2) is 79.1 Å². The number of para-hydroxylation sites is 1. The topological polar surface area (TPSA) is 118 Å². The molecule has 1 aliphatic heterocycles. The Kier molecular flexibility index (Phi) is 7.58. The van der Waals surface area contributed by atoms with Crippen LogP contribution in [0.15, 0.2) is 54.1 Å². The van der Waals surface area contributed by atoms with Gasteiger partial charge in [0, 0.05) is 30.1 Å². The molecule has 1 saturated carbocycles. The molecule has 3 N–H and O–H groups in total. The number of rotatable bonds is 10. The second kappa shape index (κ2) is 11.0. The van der Waals surface area contributed by atoms with E-state index in [0.29, 0.717) is 35.8 Å². The minimum atomic E-state index is -1.04. The van der Waals surface area contributed by atoms with Gasteiger partial charge in [0.1, 0.15) is 29.5 Å². The highest BCUT2D eigenvalue weighted by atomic mass is 16.5. The number of amides is 2. The van der Waals surface area contributed by atoms with Crippen LogP contribution in [0.1, 0.15) is 29.9 Å². The van der Waals surface area contributed by atoms with Crippen molar-refractivity contribution in [3.63, 3.8) is 0 Å². The second-order valence-corrected chi connectivity index (χ2v) is 9.91. The predicted molar refractivity (Wildman–Crippen MR) is 139 cm³/mol. The zero-order valence-corrected chi connectivity index (χ0v) is 21.6. The number of aliphatic hydroxyl groups excluding tert-OH is 2. The summed E-state index contributed by atoms with van der Waals surface area (Å²) in [5, 5.41) is 23.6. The van der Waals surface area contributed by atoms with Crippen LogP contribution in [0, 0.1) is 5.92 Å². The summed E-state index contributed by atoms with van der Waals surface area (Å²) in [5.74, 6) is 1.02. The van der Waals surface area contributed by atoms with Crippen LogP contribution in [-0.2, 0) is 16.0 Å². The van der Waals surface area contributed by atoms with Crippen LogP contribution < -0.4 is 19.5 Å². The quantitative estimate of drug-likeness (QED) is 0.436. The average molecular weight is 523 g/mol. The van der Waals surface area contributed by atoms with Crippen molar-refractivity contribution in [2.24, 2.45) is 5.92 Å². The number of methoxy groups -OCH3 is 2. The molecule has 1 fully saturated rings. The van der Waals surface area contributed by atoms with E-state index < -0.39 is 24.2 Å². The Balaban J connectivity index is 1.50. The molecule has 202 valence electrons. The summed E-state index contributed by atoms with van der Waals surface area (Å²) in [5.41, 5.74) is 2.12. The van der Waals surface area contributed by atoms with Crippen LogP contribution in [0.5, 0.6) is 17.2 Å². The normalized spacial score (nSPS) is 23.4. The number of hydrogen-bond acceptors (Lipinski definition) is 7. The molecule has 4 atom stereocenters. The van der Waals surface area contributed by atoms with Gasteiger partial charge >= 0.3 is 0 Å². The van der Waals surface area contributed by atoms with Gasteiger partial charge in [0.15, 0.2) is 0 Å². The molecule has 4 unspecified atom stereocenters. The Hall–Kier alpha value is -3.56. The maximum atomic E-state index is 13.6. The van der Waals surface area contributed by atoms with Gasteiger partial charge in [-0.3, -0.25) is 9.59 Å². The molecule has 0 saturated heterocycles. The first kappa shape index (κ1) is 26.1. The van der Waals surface area contributed by atoms with Crippen molar-refractivity contribution in [2.45, 2.75) is 43.4 Å². The molecule has 2 aromatic rings. The lowest BCUT2D eigenvalue weighted by molar-refractivity contribution is -0.138. The molecule has 9 heteroatoms. The number of carbonyl (C=O) groups is 2. The third kappa shape index (κ3) is 4.96. The molecule has 2 aromatic carbocycles. The molecular formula is C29H34N2O7. The van der Waals surface area contributed by atoms with Gasteiger partial charge < -0.3 is 34.6 Å². The fraction of sp³-hybridized carbons (Fsp3) is 0.448. The van der Waals surface area contributed by atoms with Gasteiger partial charge in [-0.2, -0.15) is 0 Å². The first-order valence-electron chi connectivity index (χ1n) is 13.0. The Morgan fingerprint density at radius 2 is 1.92 bits per heavy atom. The van der Waals surface area contributed by atoms with Crippen molar-refractivity contribution in [3.8, 4) is 17.2 Å². The van der Waals surface area contributed by atoms with Crippen LogP contribution in [0.2, 0.25) is 0 Å². The number of ether oxygens (including phenoxy) is 3. The Morgan fingerprint density at radius 1 is 1.13 bits per heavy atom. The summed E-state index contributed by atoms with van der Waals surface area (Å²) in [6.45, 7) is 0.220. The zero-order valence-electron chi connectivity index (χ0n) is 21.6. The number of benzene rings is 2. The summed E-state index contributed by atoms with van der Waals surface area (Å²) < 4.78 is 17.1. The van der Waals surface area contributed by atoms with E-state index in [-0.39, 0.29) is 30.9 Å². The number of nitrogens with zero attached hydrogens (tertiary/aromatic N) is 1. The number of aliphatic hydroxyl groups is 2. The molecule has 1 heterocycles. The fourth-order valence-corrected chi connectivity index (χ4v) is 5.48. The maximum Gasteiger partial charge on any atom is 0.247 e. The maximum absolute atomic E-state index is 13.6. The van der Waals surface area contributed by atoms with Gasteiger partial charge in [-0.05, 0) is 55.2 Å². The number of hydrogen-bond donors (Lipinski definition) is 3. The van der Waals surface area contributed by atoms with Gasteiger partial charge in [-0.15, -0.1) is 0 Å². The first-order valence-corrected chi connectivity index (χ1v) is 13.0. The summed E-state index contributed by atoms with van der Waals surface area (Å²) >= 11 is 0. The highest BCUT2D eigenvalue weighted by Crippen LogP contribution is 2.47. The highest BCUT2D eigenvalue weighted by Gasteiger charge is 2.51. The van der Waals surface area contributed by atoms with E-state index in [4.69, 9.17) is 14.2 Å².